The molecular weight excluding hydrogens is 428 g/mol. The van der Waals surface area contributed by atoms with Gasteiger partial charge >= 0.3 is 0 Å². The first-order valence-corrected chi connectivity index (χ1v) is 13.1. The smallest absolute Gasteiger partial charge is 0.208 e. The van der Waals surface area contributed by atoms with Gasteiger partial charge in [0.05, 0.1) is 0 Å². The summed E-state index contributed by atoms with van der Waals surface area (Å²) in [4.78, 5) is 14.4. The highest BCUT2D eigenvalue weighted by molar-refractivity contribution is 7.15. The van der Waals surface area contributed by atoms with E-state index in [9.17, 15) is 0 Å². The molecule has 0 atom stereocenters. The number of aromatic nitrogens is 4. The van der Waals surface area contributed by atoms with Crippen molar-refractivity contribution in [2.24, 2.45) is 0 Å². The second kappa shape index (κ2) is 9.75. The summed E-state index contributed by atoms with van der Waals surface area (Å²) in [6, 6.07) is 8.80. The fourth-order valence-electron chi connectivity index (χ4n) is 5.07. The predicted molar refractivity (Wildman–Crippen MR) is 136 cm³/mol. The Morgan fingerprint density at radius 3 is 2.27 bits per heavy atom. The third kappa shape index (κ3) is 5.03. The zero-order valence-corrected chi connectivity index (χ0v) is 20.9. The van der Waals surface area contributed by atoms with E-state index in [1.807, 2.05) is 18.3 Å². The van der Waals surface area contributed by atoms with Crippen LogP contribution >= 0.6 is 11.3 Å². The van der Waals surface area contributed by atoms with Crippen molar-refractivity contribution in [3.05, 3.63) is 57.5 Å². The molecule has 2 aromatic heterocycles. The Bertz CT molecular complexity index is 1080. The van der Waals surface area contributed by atoms with Crippen molar-refractivity contribution in [2.75, 3.05) is 36.0 Å². The van der Waals surface area contributed by atoms with Gasteiger partial charge in [0.2, 0.25) is 5.13 Å². The van der Waals surface area contributed by atoms with Gasteiger partial charge in [0.25, 0.3) is 0 Å². The largest absolute Gasteiger partial charge is 0.353 e. The Balaban J connectivity index is 1.30. The van der Waals surface area contributed by atoms with Crippen molar-refractivity contribution >= 4 is 22.3 Å². The van der Waals surface area contributed by atoms with E-state index < -0.39 is 0 Å². The zero-order valence-electron chi connectivity index (χ0n) is 20.0. The van der Waals surface area contributed by atoms with Gasteiger partial charge in [-0.3, -0.25) is 0 Å². The molecular formula is C26H34N6S. The summed E-state index contributed by atoms with van der Waals surface area (Å²) >= 11 is 1.81. The topological polar surface area (TPSA) is 58.0 Å². The van der Waals surface area contributed by atoms with E-state index in [2.05, 4.69) is 63.1 Å². The Morgan fingerprint density at radius 1 is 0.848 bits per heavy atom. The standard InChI is InChI=1S/C26H34N6S/c1-18-9-11-21(12-10-18)17-23-19(2)27-20(3)28-24(23)31-13-15-32(16-14-31)26-30-29-25(33-26)22-7-5-4-6-8-22/h9-12,22H,4-8,13-17H2,1-3H3. The molecule has 33 heavy (non-hydrogen) atoms. The highest BCUT2D eigenvalue weighted by atomic mass is 32.1. The molecule has 0 bridgehead atoms. The van der Waals surface area contributed by atoms with Crippen LogP contribution < -0.4 is 9.80 Å². The molecule has 1 aromatic carbocycles. The monoisotopic (exact) mass is 462 g/mol. The number of rotatable bonds is 5. The maximum Gasteiger partial charge on any atom is 0.208 e. The molecule has 0 unspecified atom stereocenters. The first-order valence-electron chi connectivity index (χ1n) is 12.3. The van der Waals surface area contributed by atoms with Gasteiger partial charge in [-0.25, -0.2) is 9.97 Å². The molecule has 0 radical (unpaired) electrons. The normalized spacial score (nSPS) is 17.5. The number of hydrogen-bond acceptors (Lipinski definition) is 7. The van der Waals surface area contributed by atoms with E-state index in [0.29, 0.717) is 5.92 Å². The van der Waals surface area contributed by atoms with Gasteiger partial charge in [-0.2, -0.15) is 0 Å². The SMILES string of the molecule is Cc1ccc(Cc2c(C)nc(C)nc2N2CCN(c3nnc(C4CCCCC4)s3)CC2)cc1. The minimum atomic E-state index is 0.627. The number of anilines is 2. The van der Waals surface area contributed by atoms with Gasteiger partial charge in [-0.05, 0) is 39.2 Å². The minimum Gasteiger partial charge on any atom is -0.353 e. The number of nitrogens with zero attached hydrogens (tertiary/aromatic N) is 6. The van der Waals surface area contributed by atoms with Gasteiger partial charge in [0.1, 0.15) is 16.6 Å². The van der Waals surface area contributed by atoms with Crippen LogP contribution in [0, 0.1) is 20.8 Å². The highest BCUT2D eigenvalue weighted by Gasteiger charge is 2.26. The minimum absolute atomic E-state index is 0.627. The highest BCUT2D eigenvalue weighted by Crippen LogP contribution is 2.36. The first kappa shape index (κ1) is 22.3. The molecule has 0 spiro atoms. The number of piperazine rings is 1. The van der Waals surface area contributed by atoms with Crippen molar-refractivity contribution in [3.8, 4) is 0 Å². The van der Waals surface area contributed by atoms with E-state index in [-0.39, 0.29) is 0 Å². The van der Waals surface area contributed by atoms with E-state index in [4.69, 9.17) is 4.98 Å². The quantitative estimate of drug-likeness (QED) is 0.518. The molecule has 7 heteroatoms. The average Bonchev–Trinajstić information content (AvgIpc) is 3.33. The molecule has 1 aliphatic heterocycles. The average molecular weight is 463 g/mol. The van der Waals surface area contributed by atoms with Crippen LogP contribution in [0.1, 0.15) is 71.2 Å². The lowest BCUT2D eigenvalue weighted by Crippen LogP contribution is -2.47. The molecule has 1 saturated carbocycles. The molecule has 5 rings (SSSR count). The molecule has 3 heterocycles. The zero-order chi connectivity index (χ0) is 22.8. The molecule has 2 fully saturated rings. The maximum atomic E-state index is 4.91. The van der Waals surface area contributed by atoms with Crippen LogP contribution in [0.15, 0.2) is 24.3 Å². The Labute approximate surface area is 201 Å². The number of hydrogen-bond donors (Lipinski definition) is 0. The van der Waals surface area contributed by atoms with E-state index in [1.165, 1.54) is 53.8 Å². The molecule has 0 N–H and O–H groups in total. The van der Waals surface area contributed by atoms with Crippen LogP contribution in [-0.2, 0) is 6.42 Å². The van der Waals surface area contributed by atoms with Gasteiger partial charge < -0.3 is 9.80 Å². The van der Waals surface area contributed by atoms with E-state index in [1.54, 1.807) is 0 Å². The van der Waals surface area contributed by atoms with Crippen LogP contribution in [0.25, 0.3) is 0 Å². The summed E-state index contributed by atoms with van der Waals surface area (Å²) in [6.07, 6.45) is 7.46. The molecule has 6 nitrogen and oxygen atoms in total. The first-order chi connectivity index (χ1) is 16.1. The summed E-state index contributed by atoms with van der Waals surface area (Å²) in [5.74, 6) is 2.57. The van der Waals surface area contributed by atoms with Crippen molar-refractivity contribution in [1.29, 1.82) is 0 Å². The molecule has 1 aliphatic carbocycles. The summed E-state index contributed by atoms with van der Waals surface area (Å²) in [5, 5.41) is 11.5. The van der Waals surface area contributed by atoms with Gasteiger partial charge in [-0.1, -0.05) is 60.4 Å². The maximum absolute atomic E-state index is 4.91. The third-order valence-corrected chi connectivity index (χ3v) is 8.19. The Hall–Kier alpha value is -2.54. The fraction of sp³-hybridized carbons (Fsp3) is 0.538. The number of benzene rings is 1. The number of aryl methyl sites for hydroxylation is 3. The summed E-state index contributed by atoms with van der Waals surface area (Å²) < 4.78 is 0. The van der Waals surface area contributed by atoms with E-state index in [0.717, 1.165) is 55.1 Å². The van der Waals surface area contributed by atoms with Crippen molar-refractivity contribution in [3.63, 3.8) is 0 Å². The summed E-state index contributed by atoms with van der Waals surface area (Å²) in [7, 11) is 0. The fourth-order valence-corrected chi connectivity index (χ4v) is 6.14. The van der Waals surface area contributed by atoms with Crippen molar-refractivity contribution in [1.82, 2.24) is 20.2 Å². The van der Waals surface area contributed by atoms with Crippen LogP contribution in [0.2, 0.25) is 0 Å². The molecule has 0 amide bonds. The predicted octanol–water partition coefficient (Wildman–Crippen LogP) is 5.22. The van der Waals surface area contributed by atoms with E-state index >= 15 is 0 Å². The Morgan fingerprint density at radius 2 is 1.55 bits per heavy atom. The lowest BCUT2D eigenvalue weighted by atomic mass is 9.90. The third-order valence-electron chi connectivity index (χ3n) is 7.04. The van der Waals surface area contributed by atoms with Crippen LogP contribution in [0.4, 0.5) is 10.9 Å². The summed E-state index contributed by atoms with van der Waals surface area (Å²) in [5.41, 5.74) is 4.92. The molecule has 174 valence electrons. The van der Waals surface area contributed by atoms with Crippen molar-refractivity contribution in [2.45, 2.75) is 65.2 Å². The van der Waals surface area contributed by atoms with Crippen LogP contribution in [0.3, 0.4) is 0 Å². The van der Waals surface area contributed by atoms with Crippen LogP contribution in [0.5, 0.6) is 0 Å². The summed E-state index contributed by atoms with van der Waals surface area (Å²) in [6.45, 7) is 10.0. The molecule has 1 saturated heterocycles. The second-order valence-corrected chi connectivity index (χ2v) is 10.5. The van der Waals surface area contributed by atoms with Gasteiger partial charge in [-0.15, -0.1) is 10.2 Å². The Kier molecular flexibility index (Phi) is 6.58. The molecule has 3 aromatic rings. The van der Waals surface area contributed by atoms with Crippen molar-refractivity contribution < 1.29 is 0 Å². The lowest BCUT2D eigenvalue weighted by molar-refractivity contribution is 0.440. The van der Waals surface area contributed by atoms with Gasteiger partial charge in [0, 0.05) is 49.8 Å². The van der Waals surface area contributed by atoms with Gasteiger partial charge in [0.15, 0.2) is 0 Å². The van der Waals surface area contributed by atoms with Crippen LogP contribution in [-0.4, -0.2) is 46.3 Å². The molecule has 2 aliphatic rings. The second-order valence-electron chi connectivity index (χ2n) is 9.55. The lowest BCUT2D eigenvalue weighted by Gasteiger charge is -2.36.